The number of fused-ring (bicyclic) bond motifs is 3. The third-order valence-corrected chi connectivity index (χ3v) is 4.83. The Kier molecular flexibility index (Phi) is 4.11. The van der Waals surface area contributed by atoms with Crippen molar-refractivity contribution in [2.45, 2.75) is 0 Å². The van der Waals surface area contributed by atoms with Crippen LogP contribution in [-0.2, 0) is 0 Å². The van der Waals surface area contributed by atoms with Crippen molar-refractivity contribution in [1.29, 1.82) is 0 Å². The summed E-state index contributed by atoms with van der Waals surface area (Å²) in [5, 5.41) is 10.0. The van der Waals surface area contributed by atoms with E-state index in [1.807, 2.05) is 52.9 Å². The van der Waals surface area contributed by atoms with Crippen molar-refractivity contribution in [2.24, 2.45) is 0 Å². The highest BCUT2D eigenvalue weighted by Crippen LogP contribution is 2.31. The molecule has 2 heterocycles. The standard InChI is InChI=1S/C21H12Cl2N4O/c22-14-7-5-13(6-8-14)19-25-26-20-21(28-16-11-9-15(23)10-12-16)24-17-3-1-2-4-18(17)27(19)20/h1-12H. The second kappa shape index (κ2) is 6.78. The minimum atomic E-state index is 0.369. The van der Waals surface area contributed by atoms with Crippen molar-refractivity contribution in [1.82, 2.24) is 19.6 Å². The van der Waals surface area contributed by atoms with Gasteiger partial charge in [0.15, 0.2) is 5.82 Å². The molecule has 0 saturated heterocycles. The van der Waals surface area contributed by atoms with Crippen molar-refractivity contribution >= 4 is 39.9 Å². The Bertz CT molecular complexity index is 1300. The monoisotopic (exact) mass is 406 g/mol. The average molecular weight is 407 g/mol. The zero-order valence-electron chi connectivity index (χ0n) is 14.4. The summed E-state index contributed by atoms with van der Waals surface area (Å²) in [6, 6.07) is 22.3. The van der Waals surface area contributed by atoms with Gasteiger partial charge in [-0.15, -0.1) is 10.2 Å². The van der Waals surface area contributed by atoms with Crippen molar-refractivity contribution in [3.05, 3.63) is 82.8 Å². The number of rotatable bonds is 3. The second-order valence-electron chi connectivity index (χ2n) is 6.15. The van der Waals surface area contributed by atoms with Gasteiger partial charge in [-0.3, -0.25) is 4.40 Å². The van der Waals surface area contributed by atoms with E-state index in [9.17, 15) is 0 Å². The number of halogens is 2. The molecule has 5 aromatic rings. The van der Waals surface area contributed by atoms with Gasteiger partial charge >= 0.3 is 0 Å². The van der Waals surface area contributed by atoms with E-state index in [-0.39, 0.29) is 0 Å². The zero-order chi connectivity index (χ0) is 19.1. The fourth-order valence-corrected chi connectivity index (χ4v) is 3.28. The molecule has 0 atom stereocenters. The highest BCUT2D eigenvalue weighted by molar-refractivity contribution is 6.30. The normalized spacial score (nSPS) is 11.2. The summed E-state index contributed by atoms with van der Waals surface area (Å²) < 4.78 is 7.95. The van der Waals surface area contributed by atoms with Crippen LogP contribution in [-0.4, -0.2) is 19.6 Å². The molecule has 0 fully saturated rings. The zero-order valence-corrected chi connectivity index (χ0v) is 15.9. The first-order valence-electron chi connectivity index (χ1n) is 8.52. The maximum atomic E-state index is 6.03. The fourth-order valence-electron chi connectivity index (χ4n) is 3.03. The Hall–Kier alpha value is -3.15. The van der Waals surface area contributed by atoms with Crippen LogP contribution >= 0.6 is 23.2 Å². The Morgan fingerprint density at radius 3 is 2.18 bits per heavy atom. The number of hydrogen-bond donors (Lipinski definition) is 0. The molecular weight excluding hydrogens is 395 g/mol. The lowest BCUT2D eigenvalue weighted by molar-refractivity contribution is 0.467. The van der Waals surface area contributed by atoms with Gasteiger partial charge in [0.25, 0.3) is 5.88 Å². The number of hydrogen-bond acceptors (Lipinski definition) is 4. The molecule has 0 bridgehead atoms. The fraction of sp³-hybridized carbons (Fsp3) is 0. The van der Waals surface area contributed by atoms with Crippen LogP contribution < -0.4 is 4.74 Å². The van der Waals surface area contributed by atoms with Crippen LogP contribution in [0.15, 0.2) is 72.8 Å². The maximum absolute atomic E-state index is 6.03. The molecule has 7 heteroatoms. The first-order valence-corrected chi connectivity index (χ1v) is 9.28. The molecule has 0 spiro atoms. The third-order valence-electron chi connectivity index (χ3n) is 4.33. The molecule has 3 aromatic carbocycles. The van der Waals surface area contributed by atoms with Gasteiger partial charge in [-0.1, -0.05) is 35.3 Å². The lowest BCUT2D eigenvalue weighted by atomic mass is 10.2. The number of aromatic nitrogens is 4. The predicted molar refractivity (Wildman–Crippen MR) is 110 cm³/mol. The van der Waals surface area contributed by atoms with E-state index < -0.39 is 0 Å². The summed E-state index contributed by atoms with van der Waals surface area (Å²) >= 11 is 12.0. The van der Waals surface area contributed by atoms with Gasteiger partial charge < -0.3 is 4.74 Å². The van der Waals surface area contributed by atoms with Crippen LogP contribution in [0.4, 0.5) is 0 Å². The van der Waals surface area contributed by atoms with Crippen LogP contribution in [0, 0.1) is 0 Å². The van der Waals surface area contributed by atoms with Crippen LogP contribution in [0.3, 0.4) is 0 Å². The molecule has 5 rings (SSSR count). The van der Waals surface area contributed by atoms with Gasteiger partial charge in [0.05, 0.1) is 11.0 Å². The minimum absolute atomic E-state index is 0.369. The lowest BCUT2D eigenvalue weighted by Gasteiger charge is -2.10. The highest BCUT2D eigenvalue weighted by atomic mass is 35.5. The van der Waals surface area contributed by atoms with Crippen molar-refractivity contribution < 1.29 is 4.74 Å². The van der Waals surface area contributed by atoms with Crippen LogP contribution in [0.5, 0.6) is 11.6 Å². The quantitative estimate of drug-likeness (QED) is 0.366. The lowest BCUT2D eigenvalue weighted by Crippen LogP contribution is -1.98. The Morgan fingerprint density at radius 2 is 1.43 bits per heavy atom. The Morgan fingerprint density at radius 1 is 0.750 bits per heavy atom. The van der Waals surface area contributed by atoms with Crippen molar-refractivity contribution in [2.75, 3.05) is 0 Å². The molecular formula is C21H12Cl2N4O. The molecule has 0 aliphatic rings. The van der Waals surface area contributed by atoms with E-state index in [0.29, 0.717) is 33.1 Å². The number of benzene rings is 3. The summed E-state index contributed by atoms with van der Waals surface area (Å²) in [6.07, 6.45) is 0. The molecule has 0 saturated carbocycles. The van der Waals surface area contributed by atoms with E-state index in [1.165, 1.54) is 0 Å². The van der Waals surface area contributed by atoms with E-state index in [1.54, 1.807) is 24.3 Å². The van der Waals surface area contributed by atoms with Crippen molar-refractivity contribution in [3.63, 3.8) is 0 Å². The second-order valence-corrected chi connectivity index (χ2v) is 7.02. The van der Waals surface area contributed by atoms with Gasteiger partial charge in [0.2, 0.25) is 5.65 Å². The van der Waals surface area contributed by atoms with Crippen LogP contribution in [0.2, 0.25) is 10.0 Å². The first kappa shape index (κ1) is 17.0. The summed E-state index contributed by atoms with van der Waals surface area (Å²) in [4.78, 5) is 4.64. The largest absolute Gasteiger partial charge is 0.436 e. The predicted octanol–water partition coefficient (Wildman–Crippen LogP) is 6.04. The molecule has 2 aromatic heterocycles. The summed E-state index contributed by atoms with van der Waals surface area (Å²) in [7, 11) is 0. The number of nitrogens with zero attached hydrogens (tertiary/aromatic N) is 4. The molecule has 136 valence electrons. The van der Waals surface area contributed by atoms with Gasteiger partial charge in [0, 0.05) is 15.6 Å². The Balaban J connectivity index is 1.75. The Labute approximate surface area is 170 Å². The number of ether oxygens (including phenoxy) is 1. The van der Waals surface area contributed by atoms with Gasteiger partial charge in [-0.2, -0.15) is 0 Å². The highest BCUT2D eigenvalue weighted by Gasteiger charge is 2.17. The minimum Gasteiger partial charge on any atom is -0.436 e. The third kappa shape index (κ3) is 2.95. The van der Waals surface area contributed by atoms with Gasteiger partial charge in [-0.05, 0) is 60.7 Å². The van der Waals surface area contributed by atoms with E-state index in [4.69, 9.17) is 27.9 Å². The summed E-state index contributed by atoms with van der Waals surface area (Å²) in [5.74, 6) is 1.67. The SMILES string of the molecule is Clc1ccc(Oc2nc3ccccc3n3c(-c4ccc(Cl)cc4)nnc23)cc1. The van der Waals surface area contributed by atoms with Gasteiger partial charge in [0.1, 0.15) is 5.75 Å². The van der Waals surface area contributed by atoms with Gasteiger partial charge in [-0.25, -0.2) is 4.98 Å². The summed E-state index contributed by atoms with van der Waals surface area (Å²) in [5.41, 5.74) is 3.08. The molecule has 5 nitrogen and oxygen atoms in total. The van der Waals surface area contributed by atoms with E-state index >= 15 is 0 Å². The smallest absolute Gasteiger partial charge is 0.266 e. The summed E-state index contributed by atoms with van der Waals surface area (Å²) in [6.45, 7) is 0. The average Bonchev–Trinajstić information content (AvgIpc) is 3.16. The molecule has 0 aliphatic carbocycles. The van der Waals surface area contributed by atoms with E-state index in [0.717, 1.165) is 16.6 Å². The van der Waals surface area contributed by atoms with Crippen molar-refractivity contribution in [3.8, 4) is 23.0 Å². The van der Waals surface area contributed by atoms with E-state index in [2.05, 4.69) is 15.2 Å². The topological polar surface area (TPSA) is 52.3 Å². The number of para-hydroxylation sites is 2. The van der Waals surface area contributed by atoms with Crippen LogP contribution in [0.1, 0.15) is 0 Å². The maximum Gasteiger partial charge on any atom is 0.266 e. The first-order chi connectivity index (χ1) is 13.7. The molecule has 0 radical (unpaired) electrons. The molecule has 0 N–H and O–H groups in total. The molecule has 0 unspecified atom stereocenters. The molecule has 0 aliphatic heterocycles. The van der Waals surface area contributed by atoms with Crippen LogP contribution in [0.25, 0.3) is 28.1 Å². The molecule has 28 heavy (non-hydrogen) atoms. The molecule has 0 amide bonds.